The molecule has 0 spiro atoms. The number of alkyl halides is 3. The number of hydrogen-bond donors (Lipinski definition) is 1. The Labute approximate surface area is 171 Å². The van der Waals surface area contributed by atoms with E-state index in [1.807, 2.05) is 30.3 Å². The van der Waals surface area contributed by atoms with Crippen molar-refractivity contribution in [2.75, 3.05) is 6.61 Å². The maximum atomic E-state index is 12.9. The predicted molar refractivity (Wildman–Crippen MR) is 101 cm³/mol. The SMILES string of the molecule is O=C(N[C@@H]1C=CC[C@@H]2C(=O)N(Cc3ccccc3)C(=O)[C@@H]21)OCC(Cl)(Cl)Cl. The smallest absolute Gasteiger partial charge is 0.407 e. The number of nitrogens with zero attached hydrogens (tertiary/aromatic N) is 1. The van der Waals surface area contributed by atoms with E-state index in [1.165, 1.54) is 4.90 Å². The van der Waals surface area contributed by atoms with Crippen LogP contribution in [0.4, 0.5) is 4.79 Å². The summed E-state index contributed by atoms with van der Waals surface area (Å²) in [5.41, 5.74) is 0.859. The maximum Gasteiger partial charge on any atom is 0.407 e. The lowest BCUT2D eigenvalue weighted by Gasteiger charge is -2.26. The molecule has 6 nitrogen and oxygen atoms in total. The molecule has 0 aromatic heterocycles. The molecule has 1 saturated heterocycles. The minimum Gasteiger partial charge on any atom is -0.445 e. The van der Waals surface area contributed by atoms with Crippen molar-refractivity contribution < 1.29 is 19.1 Å². The molecule has 1 aliphatic heterocycles. The first-order chi connectivity index (χ1) is 12.8. The Morgan fingerprint density at radius 2 is 1.89 bits per heavy atom. The standard InChI is InChI=1S/C18H17Cl3N2O4/c19-18(20,21)10-27-17(26)22-13-8-4-7-12-14(13)16(25)23(15(12)24)9-11-5-2-1-3-6-11/h1-6,8,12-14H,7,9-10H2,(H,22,26)/t12-,13+,14-/m0/s1. The summed E-state index contributed by atoms with van der Waals surface area (Å²) in [7, 11) is 0. The van der Waals surface area contributed by atoms with Gasteiger partial charge in [0, 0.05) is 0 Å². The Morgan fingerprint density at radius 3 is 2.56 bits per heavy atom. The van der Waals surface area contributed by atoms with Gasteiger partial charge >= 0.3 is 6.09 Å². The van der Waals surface area contributed by atoms with Crippen molar-refractivity contribution in [3.63, 3.8) is 0 Å². The molecule has 0 bridgehead atoms. The molecular formula is C18H17Cl3N2O4. The largest absolute Gasteiger partial charge is 0.445 e. The first-order valence-corrected chi connectivity index (χ1v) is 9.45. The summed E-state index contributed by atoms with van der Waals surface area (Å²) in [6.07, 6.45) is 3.09. The lowest BCUT2D eigenvalue weighted by Crippen LogP contribution is -2.46. The molecular weight excluding hydrogens is 415 g/mol. The summed E-state index contributed by atoms with van der Waals surface area (Å²) in [6, 6.07) is 8.60. The topological polar surface area (TPSA) is 75.7 Å². The Kier molecular flexibility index (Phi) is 5.99. The van der Waals surface area contributed by atoms with Gasteiger partial charge in [0.15, 0.2) is 0 Å². The summed E-state index contributed by atoms with van der Waals surface area (Å²) in [4.78, 5) is 38.8. The molecule has 1 aromatic carbocycles. The average molecular weight is 432 g/mol. The van der Waals surface area contributed by atoms with Crippen molar-refractivity contribution in [2.45, 2.75) is 22.8 Å². The molecule has 1 aliphatic carbocycles. The number of imide groups is 1. The number of alkyl carbamates (subject to hydrolysis) is 1. The second-order valence-electron chi connectivity index (χ2n) is 6.41. The van der Waals surface area contributed by atoms with Crippen molar-refractivity contribution in [3.8, 4) is 0 Å². The normalized spacial score (nSPS) is 24.7. The van der Waals surface area contributed by atoms with Gasteiger partial charge in [-0.2, -0.15) is 0 Å². The summed E-state index contributed by atoms with van der Waals surface area (Å²) in [5.74, 6) is -1.74. The van der Waals surface area contributed by atoms with Gasteiger partial charge in [-0.15, -0.1) is 0 Å². The van der Waals surface area contributed by atoms with Crippen molar-refractivity contribution >= 4 is 52.7 Å². The summed E-state index contributed by atoms with van der Waals surface area (Å²) in [6.45, 7) is -0.225. The van der Waals surface area contributed by atoms with Crippen molar-refractivity contribution in [3.05, 3.63) is 48.0 Å². The van der Waals surface area contributed by atoms with Gasteiger partial charge in [0.2, 0.25) is 15.6 Å². The van der Waals surface area contributed by atoms with E-state index in [1.54, 1.807) is 12.2 Å². The van der Waals surface area contributed by atoms with E-state index in [2.05, 4.69) is 5.32 Å². The van der Waals surface area contributed by atoms with Gasteiger partial charge in [0.25, 0.3) is 0 Å². The number of hydrogen-bond acceptors (Lipinski definition) is 4. The van der Waals surface area contributed by atoms with Crippen LogP contribution in [-0.2, 0) is 20.9 Å². The number of benzene rings is 1. The lowest BCUT2D eigenvalue weighted by atomic mass is 9.81. The molecule has 1 N–H and O–H groups in total. The van der Waals surface area contributed by atoms with Crippen LogP contribution in [0, 0.1) is 11.8 Å². The molecule has 0 unspecified atom stereocenters. The van der Waals surface area contributed by atoms with Crippen molar-refractivity contribution in [1.29, 1.82) is 0 Å². The van der Waals surface area contributed by atoms with Gasteiger partial charge in [-0.05, 0) is 12.0 Å². The Morgan fingerprint density at radius 1 is 1.19 bits per heavy atom. The van der Waals surface area contributed by atoms with Gasteiger partial charge in [-0.25, -0.2) is 4.79 Å². The third-order valence-electron chi connectivity index (χ3n) is 4.52. The van der Waals surface area contributed by atoms with E-state index in [0.717, 1.165) is 5.56 Å². The number of fused-ring (bicyclic) bond motifs is 1. The van der Waals surface area contributed by atoms with E-state index in [-0.39, 0.29) is 18.4 Å². The molecule has 1 aromatic rings. The Balaban J connectivity index is 1.69. The highest BCUT2D eigenvalue weighted by atomic mass is 35.6. The number of ether oxygens (including phenoxy) is 1. The molecule has 3 rings (SSSR count). The monoisotopic (exact) mass is 430 g/mol. The fraction of sp³-hybridized carbons (Fsp3) is 0.389. The van der Waals surface area contributed by atoms with Crippen molar-refractivity contribution in [1.82, 2.24) is 10.2 Å². The van der Waals surface area contributed by atoms with E-state index >= 15 is 0 Å². The third-order valence-corrected chi connectivity index (χ3v) is 4.85. The van der Waals surface area contributed by atoms with E-state index in [9.17, 15) is 14.4 Å². The Bertz CT molecular complexity index is 764. The van der Waals surface area contributed by atoms with Crippen LogP contribution in [0.1, 0.15) is 12.0 Å². The fourth-order valence-electron chi connectivity index (χ4n) is 3.34. The number of rotatable bonds is 4. The molecule has 27 heavy (non-hydrogen) atoms. The summed E-state index contributed by atoms with van der Waals surface area (Å²) >= 11 is 16.7. The van der Waals surface area contributed by atoms with Crippen LogP contribution in [0.5, 0.6) is 0 Å². The van der Waals surface area contributed by atoms with Gasteiger partial charge < -0.3 is 10.1 Å². The third kappa shape index (κ3) is 4.75. The van der Waals surface area contributed by atoms with Gasteiger partial charge in [-0.1, -0.05) is 77.3 Å². The molecule has 9 heteroatoms. The zero-order valence-electron chi connectivity index (χ0n) is 14.1. The number of amides is 3. The van der Waals surface area contributed by atoms with E-state index in [4.69, 9.17) is 39.5 Å². The van der Waals surface area contributed by atoms with Crippen LogP contribution in [0.15, 0.2) is 42.5 Å². The van der Waals surface area contributed by atoms with Gasteiger partial charge in [0.05, 0.1) is 24.4 Å². The second kappa shape index (κ2) is 8.09. The molecule has 2 aliphatic rings. The molecule has 0 radical (unpaired) electrons. The minimum atomic E-state index is -1.73. The van der Waals surface area contributed by atoms with Crippen LogP contribution in [0.2, 0.25) is 0 Å². The zero-order chi connectivity index (χ0) is 19.6. The van der Waals surface area contributed by atoms with Crippen LogP contribution in [-0.4, -0.2) is 39.2 Å². The number of nitrogens with one attached hydrogen (secondary N) is 1. The molecule has 3 atom stereocenters. The molecule has 1 fully saturated rings. The van der Waals surface area contributed by atoms with Crippen LogP contribution < -0.4 is 5.32 Å². The Hall–Kier alpha value is -1.76. The highest BCUT2D eigenvalue weighted by molar-refractivity contribution is 6.67. The van der Waals surface area contributed by atoms with Crippen LogP contribution in [0.3, 0.4) is 0 Å². The van der Waals surface area contributed by atoms with Crippen molar-refractivity contribution in [2.24, 2.45) is 11.8 Å². The highest BCUT2D eigenvalue weighted by Crippen LogP contribution is 2.36. The average Bonchev–Trinajstić information content (AvgIpc) is 2.86. The molecule has 1 heterocycles. The highest BCUT2D eigenvalue weighted by Gasteiger charge is 2.51. The van der Waals surface area contributed by atoms with E-state index in [0.29, 0.717) is 6.42 Å². The van der Waals surface area contributed by atoms with E-state index < -0.39 is 34.4 Å². The second-order valence-corrected chi connectivity index (χ2v) is 8.92. The zero-order valence-corrected chi connectivity index (χ0v) is 16.4. The van der Waals surface area contributed by atoms with Gasteiger partial charge in [0.1, 0.15) is 6.61 Å². The first-order valence-electron chi connectivity index (χ1n) is 8.32. The summed E-state index contributed by atoms with van der Waals surface area (Å²) in [5, 5.41) is 2.57. The molecule has 3 amide bonds. The maximum absolute atomic E-state index is 12.9. The minimum absolute atomic E-state index is 0.204. The fourth-order valence-corrected chi connectivity index (χ4v) is 3.51. The predicted octanol–water partition coefficient (Wildman–Crippen LogP) is 3.21. The molecule has 0 saturated carbocycles. The van der Waals surface area contributed by atoms with Crippen LogP contribution >= 0.6 is 34.8 Å². The number of halogens is 3. The molecule has 144 valence electrons. The number of likely N-dealkylation sites (tertiary alicyclic amines) is 1. The number of allylic oxidation sites excluding steroid dienone is 1. The number of carbonyl (C=O) groups excluding carboxylic acids is 3. The first kappa shape index (κ1) is 20.0. The number of carbonyl (C=O) groups is 3. The quantitative estimate of drug-likeness (QED) is 0.451. The lowest BCUT2D eigenvalue weighted by molar-refractivity contribution is -0.140. The van der Waals surface area contributed by atoms with Gasteiger partial charge in [-0.3, -0.25) is 14.5 Å². The summed E-state index contributed by atoms with van der Waals surface area (Å²) < 4.78 is 3.12. The van der Waals surface area contributed by atoms with Crippen LogP contribution in [0.25, 0.3) is 0 Å².